The van der Waals surface area contributed by atoms with Crippen molar-refractivity contribution in [1.29, 1.82) is 5.26 Å². The molecule has 0 saturated heterocycles. The van der Waals surface area contributed by atoms with Gasteiger partial charge < -0.3 is 10.1 Å². The highest BCUT2D eigenvalue weighted by Gasteiger charge is 2.29. The molecule has 1 aromatic carbocycles. The number of rotatable bonds is 5. The number of amides is 1. The van der Waals surface area contributed by atoms with E-state index in [0.717, 1.165) is 35.3 Å². The quantitative estimate of drug-likeness (QED) is 0.401. The molecule has 0 bridgehead atoms. The Bertz CT molecular complexity index is 1030. The highest BCUT2D eigenvalue weighted by molar-refractivity contribution is 7.17. The van der Waals surface area contributed by atoms with Crippen molar-refractivity contribution >= 4 is 34.3 Å². The fourth-order valence-corrected chi connectivity index (χ4v) is 5.01. The number of hydrogen-bond donors (Lipinski definition) is 1. The van der Waals surface area contributed by atoms with E-state index in [9.17, 15) is 14.9 Å². The molecule has 0 spiro atoms. The number of carbonyl (C=O) groups excluding carboxylic acids is 2. The van der Waals surface area contributed by atoms with E-state index in [2.05, 4.69) is 26.1 Å². The summed E-state index contributed by atoms with van der Waals surface area (Å²) < 4.78 is 4.96. The van der Waals surface area contributed by atoms with E-state index in [4.69, 9.17) is 4.74 Å². The van der Waals surface area contributed by atoms with Crippen molar-refractivity contribution in [3.8, 4) is 6.07 Å². The van der Waals surface area contributed by atoms with Crippen LogP contribution < -0.4 is 5.32 Å². The van der Waals surface area contributed by atoms with Gasteiger partial charge in [0.2, 0.25) is 0 Å². The second kappa shape index (κ2) is 9.27. The molecule has 1 aliphatic carbocycles. The molecule has 6 heteroatoms. The third kappa shape index (κ3) is 4.63. The van der Waals surface area contributed by atoms with Crippen molar-refractivity contribution in [1.82, 2.24) is 0 Å². The van der Waals surface area contributed by atoms with Gasteiger partial charge in [0.05, 0.1) is 12.7 Å². The van der Waals surface area contributed by atoms with Crippen LogP contribution in [0.15, 0.2) is 29.8 Å². The Hall–Kier alpha value is -2.91. The number of methoxy groups -OCH3 is 1. The first-order valence-corrected chi connectivity index (χ1v) is 10.9. The van der Waals surface area contributed by atoms with Crippen molar-refractivity contribution in [3.63, 3.8) is 0 Å². The van der Waals surface area contributed by atoms with Crippen LogP contribution >= 0.6 is 11.3 Å². The Morgan fingerprint density at radius 2 is 2.00 bits per heavy atom. The van der Waals surface area contributed by atoms with Gasteiger partial charge in [-0.2, -0.15) is 5.26 Å². The summed E-state index contributed by atoms with van der Waals surface area (Å²) in [4.78, 5) is 26.3. The van der Waals surface area contributed by atoms with Crippen molar-refractivity contribution in [2.45, 2.75) is 46.0 Å². The molecule has 156 valence electrons. The average molecular weight is 423 g/mol. The molecule has 30 heavy (non-hydrogen) atoms. The summed E-state index contributed by atoms with van der Waals surface area (Å²) in [6.07, 6.45) is 4.23. The van der Waals surface area contributed by atoms with Crippen LogP contribution in [0.25, 0.3) is 6.08 Å². The molecule has 1 N–H and O–H groups in total. The number of benzene rings is 1. The van der Waals surface area contributed by atoms with Gasteiger partial charge in [0, 0.05) is 4.88 Å². The van der Waals surface area contributed by atoms with Crippen LogP contribution in [0, 0.1) is 17.2 Å². The third-order valence-corrected chi connectivity index (χ3v) is 6.58. The average Bonchev–Trinajstić information content (AvgIpc) is 3.08. The van der Waals surface area contributed by atoms with E-state index in [1.165, 1.54) is 24.0 Å². The maximum absolute atomic E-state index is 12.8. The zero-order valence-corrected chi connectivity index (χ0v) is 18.6. The van der Waals surface area contributed by atoms with Gasteiger partial charge >= 0.3 is 5.97 Å². The second-order valence-electron chi connectivity index (χ2n) is 7.99. The summed E-state index contributed by atoms with van der Waals surface area (Å²) in [5.74, 6) is -0.0361. The zero-order valence-electron chi connectivity index (χ0n) is 17.7. The highest BCUT2D eigenvalue weighted by Crippen LogP contribution is 2.40. The maximum atomic E-state index is 12.8. The number of hydrogen-bond acceptors (Lipinski definition) is 5. The van der Waals surface area contributed by atoms with Crippen LogP contribution in [-0.4, -0.2) is 19.0 Å². The van der Waals surface area contributed by atoms with Gasteiger partial charge in [-0.25, -0.2) is 4.79 Å². The van der Waals surface area contributed by atoms with Crippen molar-refractivity contribution < 1.29 is 14.3 Å². The Kier molecular flexibility index (Phi) is 6.73. The van der Waals surface area contributed by atoms with Crippen LogP contribution in [0.4, 0.5) is 5.00 Å². The first kappa shape index (κ1) is 21.8. The SMILES string of the molecule is COC(=O)c1c(NC(=O)/C(C#N)=C/c2ccc(C(C)C)cc2)sc2c1CCC(C)C2. The lowest BCUT2D eigenvalue weighted by Gasteiger charge is -2.18. The number of esters is 1. The van der Waals surface area contributed by atoms with Crippen LogP contribution in [0.3, 0.4) is 0 Å². The van der Waals surface area contributed by atoms with Crippen molar-refractivity contribution in [3.05, 3.63) is 57.0 Å². The monoisotopic (exact) mass is 422 g/mol. The molecule has 2 aromatic rings. The lowest BCUT2D eigenvalue weighted by Crippen LogP contribution is -2.16. The van der Waals surface area contributed by atoms with Crippen molar-refractivity contribution in [2.24, 2.45) is 5.92 Å². The number of carbonyl (C=O) groups is 2. The lowest BCUT2D eigenvalue weighted by atomic mass is 9.88. The number of fused-ring (bicyclic) bond motifs is 1. The number of ether oxygens (including phenoxy) is 1. The van der Waals surface area contributed by atoms with E-state index < -0.39 is 11.9 Å². The minimum Gasteiger partial charge on any atom is -0.465 e. The van der Waals surface area contributed by atoms with Crippen LogP contribution in [0.2, 0.25) is 0 Å². The molecule has 1 aliphatic rings. The molecule has 1 unspecified atom stereocenters. The molecule has 0 aliphatic heterocycles. The standard InChI is InChI=1S/C24H26N2O3S/c1-14(2)17-8-6-16(7-9-17)12-18(13-25)22(27)26-23-21(24(28)29-4)19-10-5-15(3)11-20(19)30-23/h6-9,12,14-15H,5,10-11H2,1-4H3,(H,26,27)/b18-12+. The van der Waals surface area contributed by atoms with E-state index in [0.29, 0.717) is 22.4 Å². The van der Waals surface area contributed by atoms with Crippen LogP contribution in [-0.2, 0) is 22.4 Å². The molecule has 0 saturated carbocycles. The van der Waals surface area contributed by atoms with Crippen molar-refractivity contribution in [2.75, 3.05) is 12.4 Å². The first-order valence-electron chi connectivity index (χ1n) is 10.1. The van der Waals surface area contributed by atoms with Gasteiger partial charge in [-0.1, -0.05) is 45.0 Å². The Morgan fingerprint density at radius 3 is 2.60 bits per heavy atom. The van der Waals surface area contributed by atoms with Gasteiger partial charge in [0.25, 0.3) is 5.91 Å². The van der Waals surface area contributed by atoms with Gasteiger partial charge in [-0.05, 0) is 53.9 Å². The van der Waals surface area contributed by atoms with Crippen LogP contribution in [0.5, 0.6) is 0 Å². The smallest absolute Gasteiger partial charge is 0.341 e. The van der Waals surface area contributed by atoms with E-state index in [1.54, 1.807) is 6.08 Å². The predicted molar refractivity (Wildman–Crippen MR) is 120 cm³/mol. The molecule has 1 aromatic heterocycles. The molecule has 0 fully saturated rings. The molecule has 1 atom stereocenters. The fraction of sp³-hybridized carbons (Fsp3) is 0.375. The first-order chi connectivity index (χ1) is 14.3. The third-order valence-electron chi connectivity index (χ3n) is 5.41. The van der Waals surface area contributed by atoms with Crippen LogP contribution in [0.1, 0.15) is 65.0 Å². The Balaban J connectivity index is 1.88. The minimum absolute atomic E-state index is 0.0112. The van der Waals surface area contributed by atoms with Gasteiger partial charge in [-0.3, -0.25) is 4.79 Å². The van der Waals surface area contributed by atoms with Gasteiger partial charge in [0.1, 0.15) is 16.6 Å². The van der Waals surface area contributed by atoms with E-state index >= 15 is 0 Å². The zero-order chi connectivity index (χ0) is 21.8. The lowest BCUT2D eigenvalue weighted by molar-refractivity contribution is -0.112. The number of nitriles is 1. The summed E-state index contributed by atoms with van der Waals surface area (Å²) in [6.45, 7) is 6.40. The second-order valence-corrected chi connectivity index (χ2v) is 9.10. The maximum Gasteiger partial charge on any atom is 0.341 e. The Morgan fingerprint density at radius 1 is 1.30 bits per heavy atom. The van der Waals surface area contributed by atoms with Gasteiger partial charge in [0.15, 0.2) is 0 Å². The Labute approximate surface area is 181 Å². The summed E-state index contributed by atoms with van der Waals surface area (Å²) >= 11 is 1.41. The summed E-state index contributed by atoms with van der Waals surface area (Å²) in [5, 5.41) is 12.8. The molecule has 0 radical (unpaired) electrons. The molecule has 1 heterocycles. The molecule has 3 rings (SSSR count). The normalized spacial score (nSPS) is 16.0. The van der Waals surface area contributed by atoms with E-state index in [-0.39, 0.29) is 5.57 Å². The largest absolute Gasteiger partial charge is 0.465 e. The number of nitrogens with one attached hydrogen (secondary N) is 1. The van der Waals surface area contributed by atoms with Gasteiger partial charge in [-0.15, -0.1) is 11.3 Å². The highest BCUT2D eigenvalue weighted by atomic mass is 32.1. The minimum atomic E-state index is -0.526. The summed E-state index contributed by atoms with van der Waals surface area (Å²) in [5.41, 5.74) is 3.35. The predicted octanol–water partition coefficient (Wildman–Crippen LogP) is 5.33. The van der Waals surface area contributed by atoms with E-state index in [1.807, 2.05) is 30.3 Å². The molecular weight excluding hydrogens is 396 g/mol. The topological polar surface area (TPSA) is 79.2 Å². The number of nitrogens with zero attached hydrogens (tertiary/aromatic N) is 1. The molecule has 5 nitrogen and oxygen atoms in total. The fourth-order valence-electron chi connectivity index (χ4n) is 3.62. The number of anilines is 1. The molecule has 1 amide bonds. The summed E-state index contributed by atoms with van der Waals surface area (Å²) in [7, 11) is 1.34. The summed E-state index contributed by atoms with van der Waals surface area (Å²) in [6, 6.07) is 9.75. The molecular formula is C24H26N2O3S. The number of thiophene rings is 1.